The minimum absolute atomic E-state index is 0.0262. The minimum Gasteiger partial charge on any atom is -0.340 e. The quantitative estimate of drug-likeness (QED) is 0.456. The Kier molecular flexibility index (Phi) is 12.0. The van der Waals surface area contributed by atoms with Gasteiger partial charge in [-0.3, -0.25) is 9.59 Å². The first-order valence-corrected chi connectivity index (χ1v) is 11.9. The first-order valence-electron chi connectivity index (χ1n) is 11.9. The molecule has 2 amide bonds. The molecule has 35 heavy (non-hydrogen) atoms. The molecule has 11 heteroatoms. The van der Waals surface area contributed by atoms with Gasteiger partial charge in [0.25, 0.3) is 0 Å². The standard InChI is InChI=1S/C19H21F6N3O2.C3H8.C2H6/c20-13-6-15(22)14(21)4-11(13)3-12(26)5-17(29)28-2-1-10-8-27(9-16(10)28)18(30)7-19(23,24)25;1-3-2;1-2/h4,6,10,12,16H,1-3,5,7-9,26H2;3H2,1-2H3;1-2H3. The zero-order valence-corrected chi connectivity index (χ0v) is 20.6. The summed E-state index contributed by atoms with van der Waals surface area (Å²) in [5.41, 5.74) is 5.74. The van der Waals surface area contributed by atoms with Crippen molar-refractivity contribution < 1.29 is 35.9 Å². The Labute approximate surface area is 202 Å². The molecule has 2 heterocycles. The molecule has 0 aliphatic carbocycles. The van der Waals surface area contributed by atoms with Crippen LogP contribution in [0.3, 0.4) is 0 Å². The van der Waals surface area contributed by atoms with Crippen LogP contribution in [0.4, 0.5) is 26.3 Å². The summed E-state index contributed by atoms with van der Waals surface area (Å²) in [6.07, 6.45) is -4.71. The summed E-state index contributed by atoms with van der Waals surface area (Å²) in [7, 11) is 0. The monoisotopic (exact) mass is 511 g/mol. The molecule has 0 spiro atoms. The van der Waals surface area contributed by atoms with Crippen LogP contribution in [0.25, 0.3) is 0 Å². The van der Waals surface area contributed by atoms with Crippen molar-refractivity contribution >= 4 is 11.8 Å². The van der Waals surface area contributed by atoms with Crippen molar-refractivity contribution in [2.45, 2.75) is 78.1 Å². The average Bonchev–Trinajstić information content (AvgIpc) is 3.34. The third kappa shape index (κ3) is 9.01. The van der Waals surface area contributed by atoms with Gasteiger partial charge in [0.2, 0.25) is 11.8 Å². The number of benzene rings is 1. The molecule has 2 N–H and O–H groups in total. The Balaban J connectivity index is 0.00000114. The lowest BCUT2D eigenvalue weighted by molar-refractivity contribution is -0.161. The van der Waals surface area contributed by atoms with E-state index >= 15 is 0 Å². The summed E-state index contributed by atoms with van der Waals surface area (Å²) < 4.78 is 77.5. The second-order valence-electron chi connectivity index (χ2n) is 8.53. The molecule has 3 rings (SSSR count). The number of nitrogens with zero attached hydrogens (tertiary/aromatic N) is 2. The molecule has 2 aliphatic rings. The molecule has 200 valence electrons. The van der Waals surface area contributed by atoms with Crippen LogP contribution in [0.1, 0.15) is 58.9 Å². The van der Waals surface area contributed by atoms with Crippen molar-refractivity contribution in [1.29, 1.82) is 0 Å². The van der Waals surface area contributed by atoms with E-state index in [0.29, 0.717) is 25.1 Å². The Hall–Kier alpha value is -2.30. The zero-order chi connectivity index (χ0) is 26.9. The number of rotatable bonds is 5. The maximum Gasteiger partial charge on any atom is 0.397 e. The normalized spacial score (nSPS) is 19.9. The third-order valence-electron chi connectivity index (χ3n) is 5.58. The van der Waals surface area contributed by atoms with Crippen LogP contribution in [0.5, 0.6) is 0 Å². The van der Waals surface area contributed by atoms with Gasteiger partial charge in [-0.1, -0.05) is 34.1 Å². The molecule has 0 aromatic heterocycles. The van der Waals surface area contributed by atoms with E-state index in [0.717, 1.165) is 4.90 Å². The first kappa shape index (κ1) is 30.7. The molecule has 2 aliphatic heterocycles. The van der Waals surface area contributed by atoms with E-state index in [4.69, 9.17) is 5.73 Å². The summed E-state index contributed by atoms with van der Waals surface area (Å²) in [6.45, 7) is 8.83. The van der Waals surface area contributed by atoms with E-state index in [1.165, 1.54) is 11.3 Å². The van der Waals surface area contributed by atoms with Gasteiger partial charge in [-0.15, -0.1) is 0 Å². The molecule has 1 aromatic carbocycles. The number of nitrogens with two attached hydrogens (primary N) is 1. The van der Waals surface area contributed by atoms with E-state index in [1.807, 2.05) is 13.8 Å². The van der Waals surface area contributed by atoms with E-state index in [2.05, 4.69) is 13.8 Å². The number of likely N-dealkylation sites (tertiary alicyclic amines) is 2. The van der Waals surface area contributed by atoms with Crippen LogP contribution in [-0.2, 0) is 16.0 Å². The van der Waals surface area contributed by atoms with E-state index in [1.54, 1.807) is 0 Å². The number of hydrogen-bond acceptors (Lipinski definition) is 3. The highest BCUT2D eigenvalue weighted by Crippen LogP contribution is 2.33. The van der Waals surface area contributed by atoms with Gasteiger partial charge in [0.1, 0.15) is 12.2 Å². The number of hydrogen-bond donors (Lipinski definition) is 1. The molecule has 1 aromatic rings. The lowest BCUT2D eigenvalue weighted by Crippen LogP contribution is -2.43. The van der Waals surface area contributed by atoms with E-state index < -0.39 is 42.0 Å². The van der Waals surface area contributed by atoms with Crippen molar-refractivity contribution in [2.24, 2.45) is 11.7 Å². The highest BCUT2D eigenvalue weighted by Gasteiger charge is 2.46. The van der Waals surface area contributed by atoms with E-state index in [-0.39, 0.29) is 49.4 Å². The summed E-state index contributed by atoms with van der Waals surface area (Å²) in [5.74, 6) is -5.01. The molecule has 5 nitrogen and oxygen atoms in total. The maximum atomic E-state index is 13.8. The Morgan fingerprint density at radius 3 is 2.17 bits per heavy atom. The topological polar surface area (TPSA) is 66.6 Å². The molecule has 0 radical (unpaired) electrons. The summed E-state index contributed by atoms with van der Waals surface area (Å²) in [4.78, 5) is 27.1. The largest absolute Gasteiger partial charge is 0.397 e. The lowest BCUT2D eigenvalue weighted by Gasteiger charge is -2.26. The molecular weight excluding hydrogens is 476 g/mol. The third-order valence-corrected chi connectivity index (χ3v) is 5.58. The molecule has 2 saturated heterocycles. The molecule has 0 bridgehead atoms. The minimum atomic E-state index is -4.59. The van der Waals surface area contributed by atoms with E-state index in [9.17, 15) is 35.9 Å². The fraction of sp³-hybridized carbons (Fsp3) is 0.667. The van der Waals surface area contributed by atoms with Gasteiger partial charge < -0.3 is 15.5 Å². The fourth-order valence-electron chi connectivity index (χ4n) is 4.17. The average molecular weight is 512 g/mol. The number of amides is 2. The number of halogens is 6. The van der Waals surface area contributed by atoms with Crippen molar-refractivity contribution in [2.75, 3.05) is 19.6 Å². The van der Waals surface area contributed by atoms with Crippen molar-refractivity contribution in [3.8, 4) is 0 Å². The van der Waals surface area contributed by atoms with Gasteiger partial charge in [-0.25, -0.2) is 13.2 Å². The molecule has 3 unspecified atom stereocenters. The highest BCUT2D eigenvalue weighted by atomic mass is 19.4. The second-order valence-corrected chi connectivity index (χ2v) is 8.53. The Morgan fingerprint density at radius 1 is 1.03 bits per heavy atom. The zero-order valence-electron chi connectivity index (χ0n) is 20.6. The fourth-order valence-corrected chi connectivity index (χ4v) is 4.17. The van der Waals surface area contributed by atoms with Crippen LogP contribution in [0, 0.1) is 23.4 Å². The van der Waals surface area contributed by atoms with Gasteiger partial charge in [0.05, 0.1) is 6.04 Å². The summed E-state index contributed by atoms with van der Waals surface area (Å²) in [6, 6.07) is -0.140. The van der Waals surface area contributed by atoms with Crippen molar-refractivity contribution in [3.63, 3.8) is 0 Å². The van der Waals surface area contributed by atoms with Crippen molar-refractivity contribution in [3.05, 3.63) is 35.1 Å². The van der Waals surface area contributed by atoms with Gasteiger partial charge in [-0.2, -0.15) is 13.2 Å². The predicted molar refractivity (Wildman–Crippen MR) is 121 cm³/mol. The molecule has 3 atom stereocenters. The number of alkyl halides is 3. The van der Waals surface area contributed by atoms with Gasteiger partial charge >= 0.3 is 6.18 Å². The second kappa shape index (κ2) is 13.7. The summed E-state index contributed by atoms with van der Waals surface area (Å²) >= 11 is 0. The molecule has 2 fully saturated rings. The van der Waals surface area contributed by atoms with Crippen LogP contribution in [-0.4, -0.2) is 59.5 Å². The van der Waals surface area contributed by atoms with Crippen LogP contribution in [0.2, 0.25) is 0 Å². The van der Waals surface area contributed by atoms with Crippen LogP contribution >= 0.6 is 0 Å². The van der Waals surface area contributed by atoms with Crippen LogP contribution in [0.15, 0.2) is 12.1 Å². The number of fused-ring (bicyclic) bond motifs is 1. The van der Waals surface area contributed by atoms with Gasteiger partial charge in [0.15, 0.2) is 11.6 Å². The van der Waals surface area contributed by atoms with Crippen LogP contribution < -0.4 is 5.73 Å². The number of carbonyl (C=O) groups excluding carboxylic acids is 2. The molecule has 0 saturated carbocycles. The summed E-state index contributed by atoms with van der Waals surface area (Å²) in [5, 5.41) is 0. The first-order chi connectivity index (χ1) is 16.4. The number of carbonyl (C=O) groups is 2. The lowest BCUT2D eigenvalue weighted by atomic mass is 10.0. The van der Waals surface area contributed by atoms with Crippen molar-refractivity contribution in [1.82, 2.24) is 9.80 Å². The highest BCUT2D eigenvalue weighted by molar-refractivity contribution is 5.79. The Bertz CT molecular complexity index is 849. The Morgan fingerprint density at radius 2 is 1.60 bits per heavy atom. The predicted octanol–water partition coefficient (Wildman–Crippen LogP) is 4.82. The van der Waals surface area contributed by atoms with Gasteiger partial charge in [0, 0.05) is 44.1 Å². The maximum absolute atomic E-state index is 13.8. The smallest absolute Gasteiger partial charge is 0.340 e. The SMILES string of the molecule is CC.CCC.NC(CC(=O)N1CCC2CN(C(=O)CC(F)(F)F)CC21)Cc1cc(F)c(F)cc1F. The van der Waals surface area contributed by atoms with Gasteiger partial charge in [-0.05, 0) is 24.5 Å². The molecular formula is C24H35F6N3O2.